The molecular weight excluding hydrogens is 625 g/mol. The molecular formula is C37H42N6O4S. The van der Waals surface area contributed by atoms with E-state index in [1.807, 2.05) is 62.4 Å². The van der Waals surface area contributed by atoms with E-state index in [9.17, 15) is 14.8 Å². The number of hydrogen-bond donors (Lipinski definition) is 3. The van der Waals surface area contributed by atoms with Gasteiger partial charge in [0, 0.05) is 54.5 Å². The number of hydrogen-bond acceptors (Lipinski definition) is 9. The number of nitrogens with one attached hydrogen (secondary N) is 3. The Kier molecular flexibility index (Phi) is 10.6. The maximum atomic E-state index is 13.2. The van der Waals surface area contributed by atoms with Crippen molar-refractivity contribution in [2.45, 2.75) is 26.6 Å². The normalized spacial score (nSPS) is 15.6. The van der Waals surface area contributed by atoms with Crippen molar-refractivity contribution in [2.75, 3.05) is 60.8 Å². The molecule has 0 bridgehead atoms. The summed E-state index contributed by atoms with van der Waals surface area (Å²) in [6, 6.07) is 28.0. The van der Waals surface area contributed by atoms with Crippen LogP contribution in [0.1, 0.15) is 35.5 Å². The first kappa shape index (κ1) is 33.5. The number of amides is 1. The first-order valence-corrected chi connectivity index (χ1v) is 17.8. The highest BCUT2D eigenvalue weighted by Crippen LogP contribution is 2.35. The van der Waals surface area contributed by atoms with E-state index in [4.69, 9.17) is 14.5 Å². The van der Waals surface area contributed by atoms with Crippen molar-refractivity contribution in [1.82, 2.24) is 9.71 Å². The van der Waals surface area contributed by atoms with Gasteiger partial charge in [-0.15, -0.1) is 0 Å². The van der Waals surface area contributed by atoms with Crippen molar-refractivity contribution in [2.24, 2.45) is 5.92 Å². The zero-order valence-electron chi connectivity index (χ0n) is 27.6. The van der Waals surface area contributed by atoms with Crippen LogP contribution in [0.15, 0.2) is 84.9 Å². The van der Waals surface area contributed by atoms with E-state index in [1.54, 1.807) is 6.07 Å². The summed E-state index contributed by atoms with van der Waals surface area (Å²) in [6.45, 7) is 9.12. The predicted octanol–water partition coefficient (Wildman–Crippen LogP) is 5.78. The number of nitrogens with zero attached hydrogens (tertiary/aromatic N) is 3. The van der Waals surface area contributed by atoms with E-state index >= 15 is 0 Å². The number of rotatable bonds is 12. The molecule has 1 unspecified atom stereocenters. The molecule has 0 aliphatic carbocycles. The molecule has 0 saturated carbocycles. The molecule has 2 saturated heterocycles. The summed E-state index contributed by atoms with van der Waals surface area (Å²) in [4.78, 5) is 22.5. The Bertz CT molecular complexity index is 1720. The topological polar surface area (TPSA) is 126 Å². The second kappa shape index (κ2) is 15.2. The molecule has 0 radical (unpaired) electrons. The lowest BCUT2D eigenvalue weighted by molar-refractivity contribution is 0.0224. The van der Waals surface area contributed by atoms with Crippen LogP contribution in [0.2, 0.25) is 0 Å². The van der Waals surface area contributed by atoms with Crippen LogP contribution in [0.4, 0.5) is 22.9 Å². The Morgan fingerprint density at radius 3 is 2.42 bits per heavy atom. The molecule has 1 amide bonds. The predicted molar refractivity (Wildman–Crippen MR) is 193 cm³/mol. The first-order chi connectivity index (χ1) is 23.2. The highest BCUT2D eigenvalue weighted by molar-refractivity contribution is 7.89. The smallest absolute Gasteiger partial charge is 0.310 e. The average Bonchev–Trinajstić information content (AvgIpc) is 3.08. The van der Waals surface area contributed by atoms with Crippen molar-refractivity contribution >= 4 is 45.9 Å². The van der Waals surface area contributed by atoms with E-state index < -0.39 is 17.3 Å². The monoisotopic (exact) mass is 666 g/mol. The third-order valence-electron chi connectivity index (χ3n) is 8.54. The number of carbonyl (C=O) groups excluding carboxylic acids is 1. The minimum atomic E-state index is -1.57. The molecule has 2 fully saturated rings. The summed E-state index contributed by atoms with van der Waals surface area (Å²) in [7, 11) is 0. The quantitative estimate of drug-likeness (QED) is 0.128. The van der Waals surface area contributed by atoms with E-state index in [-0.39, 0.29) is 17.7 Å². The minimum Gasteiger partial charge on any atom is -0.593 e. The van der Waals surface area contributed by atoms with Crippen LogP contribution in [0.25, 0.3) is 11.1 Å². The van der Waals surface area contributed by atoms with Gasteiger partial charge in [-0.05, 0) is 59.0 Å². The summed E-state index contributed by atoms with van der Waals surface area (Å²) < 4.78 is 26.0. The number of ether oxygens (including phenoxy) is 2. The van der Waals surface area contributed by atoms with Gasteiger partial charge < -0.3 is 34.6 Å². The molecule has 1 aromatic heterocycles. The van der Waals surface area contributed by atoms with Gasteiger partial charge in [-0.3, -0.25) is 4.79 Å². The Labute approximate surface area is 285 Å². The summed E-state index contributed by atoms with van der Waals surface area (Å²) in [5.41, 5.74) is 6.71. The summed E-state index contributed by atoms with van der Waals surface area (Å²) in [6.07, 6.45) is 1.56. The van der Waals surface area contributed by atoms with E-state index in [2.05, 4.69) is 50.2 Å². The van der Waals surface area contributed by atoms with Crippen molar-refractivity contribution in [3.8, 4) is 11.1 Å². The molecule has 6 rings (SSSR count). The summed E-state index contributed by atoms with van der Waals surface area (Å²) in [5, 5.41) is 12.6. The molecule has 10 nitrogen and oxygen atoms in total. The molecule has 3 aromatic carbocycles. The zero-order valence-corrected chi connectivity index (χ0v) is 28.4. The van der Waals surface area contributed by atoms with Gasteiger partial charge in [-0.2, -0.15) is 4.72 Å². The number of carbonyl (C=O) groups is 1. The second-order valence-electron chi connectivity index (χ2n) is 12.4. The van der Waals surface area contributed by atoms with Crippen molar-refractivity contribution < 1.29 is 18.8 Å². The van der Waals surface area contributed by atoms with Gasteiger partial charge in [0.15, 0.2) is 0 Å². The maximum Gasteiger partial charge on any atom is 0.310 e. The highest BCUT2D eigenvalue weighted by atomic mass is 32.2. The molecule has 11 heteroatoms. The highest BCUT2D eigenvalue weighted by Gasteiger charge is 2.28. The summed E-state index contributed by atoms with van der Waals surface area (Å²) >= 11 is -1.57. The van der Waals surface area contributed by atoms with Crippen LogP contribution in [0.5, 0.6) is 0 Å². The molecule has 3 N–H and O–H groups in total. The van der Waals surface area contributed by atoms with Crippen LogP contribution in [0.3, 0.4) is 0 Å². The third kappa shape index (κ3) is 7.99. The van der Waals surface area contributed by atoms with Crippen LogP contribution in [-0.4, -0.2) is 72.9 Å². The van der Waals surface area contributed by atoms with Gasteiger partial charge in [-0.1, -0.05) is 62.4 Å². The van der Waals surface area contributed by atoms with Gasteiger partial charge in [0.05, 0.1) is 37.3 Å². The van der Waals surface area contributed by atoms with Gasteiger partial charge in [-0.25, -0.2) is 4.98 Å². The fraction of sp³-hybridized carbons (Fsp3) is 0.324. The van der Waals surface area contributed by atoms with Gasteiger partial charge in [0.1, 0.15) is 17.8 Å². The number of morpholine rings is 1. The number of benzene rings is 3. The van der Waals surface area contributed by atoms with E-state index in [0.29, 0.717) is 42.5 Å². The molecule has 0 spiro atoms. The average molecular weight is 667 g/mol. The van der Waals surface area contributed by atoms with Gasteiger partial charge in [0.2, 0.25) is 0 Å². The first-order valence-electron chi connectivity index (χ1n) is 16.2. The number of anilines is 4. The van der Waals surface area contributed by atoms with E-state index in [0.717, 1.165) is 54.4 Å². The standard InChI is InChI=1S/C37H42N6O4S/c1-25(2)35(38)34-32(27-12-14-29(15-13-27)42-16-18-46-19-17-42)21-33(37(44)41-48(3)45)40-36(34)39-28-10-7-11-30(20-28)43-22-31(23-43)47-24-26-8-5-4-6-9-26/h4-15,20-21,25,31,38H,16-19,22-24H2,1-3H3,(H,39,40)(H,41,44). The van der Waals surface area contributed by atoms with Crippen LogP contribution in [0, 0.1) is 11.3 Å². The van der Waals surface area contributed by atoms with Crippen LogP contribution in [-0.2, 0) is 27.4 Å². The molecule has 2 aliphatic rings. The Morgan fingerprint density at radius 1 is 1.00 bits per heavy atom. The van der Waals surface area contributed by atoms with Crippen molar-refractivity contribution in [3.63, 3.8) is 0 Å². The Balaban J connectivity index is 1.29. The lowest BCUT2D eigenvalue weighted by Crippen LogP contribution is -2.52. The molecule has 250 valence electrons. The fourth-order valence-corrected chi connectivity index (χ4v) is 6.22. The molecule has 4 aromatic rings. The Hall–Kier alpha value is -4.42. The molecule has 2 aliphatic heterocycles. The van der Waals surface area contributed by atoms with Crippen LogP contribution < -0.4 is 19.8 Å². The second-order valence-corrected chi connectivity index (χ2v) is 13.5. The third-order valence-corrected chi connectivity index (χ3v) is 9.01. The van der Waals surface area contributed by atoms with Crippen LogP contribution >= 0.6 is 0 Å². The van der Waals surface area contributed by atoms with Crippen molar-refractivity contribution in [1.29, 1.82) is 5.41 Å². The van der Waals surface area contributed by atoms with Crippen molar-refractivity contribution in [3.05, 3.63) is 102 Å². The van der Waals surface area contributed by atoms with Gasteiger partial charge >= 0.3 is 5.91 Å². The fourth-order valence-electron chi connectivity index (χ4n) is 5.86. The largest absolute Gasteiger partial charge is 0.593 e. The molecule has 1 atom stereocenters. The molecule has 3 heterocycles. The maximum absolute atomic E-state index is 13.2. The minimum absolute atomic E-state index is 0.109. The van der Waals surface area contributed by atoms with E-state index in [1.165, 1.54) is 6.26 Å². The lowest BCUT2D eigenvalue weighted by Gasteiger charge is -2.40. The zero-order chi connectivity index (χ0) is 33.6. The SMILES string of the molecule is CC(C)C(=N)c1c(-c2ccc(N3CCOCC3)cc2)cc(C(=O)N[S+](C)[O-])nc1Nc1cccc(N2CC(OCc3ccccc3)C2)c1. The Morgan fingerprint density at radius 2 is 1.73 bits per heavy atom. The lowest BCUT2D eigenvalue weighted by atomic mass is 9.91. The summed E-state index contributed by atoms with van der Waals surface area (Å²) in [5.74, 6) is -0.273. The number of pyridine rings is 1. The molecule has 48 heavy (non-hydrogen) atoms. The van der Waals surface area contributed by atoms with Gasteiger partial charge in [0.25, 0.3) is 0 Å². The number of aromatic nitrogens is 1.